The van der Waals surface area contributed by atoms with E-state index in [1.807, 2.05) is 6.08 Å². The lowest BCUT2D eigenvalue weighted by atomic mass is 9.99. The predicted molar refractivity (Wildman–Crippen MR) is 296 cm³/mol. The third-order valence-electron chi connectivity index (χ3n) is 14.8. The lowest BCUT2D eigenvalue weighted by Gasteiger charge is -2.41. The first-order valence-electron chi connectivity index (χ1n) is 30.6. The minimum Gasteiger partial charge on any atom is -0.394 e. The average Bonchev–Trinajstić information content (AvgIpc) is 3.36. The summed E-state index contributed by atoms with van der Waals surface area (Å²) in [6, 6.07) is -0.940. The van der Waals surface area contributed by atoms with Crippen molar-refractivity contribution in [3.63, 3.8) is 0 Å². The molecule has 0 aromatic rings. The molecule has 0 spiro atoms. The molecular weight excluding hydrogens is 931 g/mol. The molecule has 1 aliphatic rings. The standard InChI is InChI=1S/C59H115NO11S/c1-3-5-7-9-11-13-15-17-19-21-23-25-26-27-29-30-32-34-36-38-40-42-44-46-48-53(62)52(51-69-59-57(65)58(71-72(66,67)68)56(64)54(50-61)70-59)60-55(63)49-47-45-43-41-39-37-35-33-31-28-24-22-20-18-16-14-12-10-8-6-4-2/h46,48,52-54,56-59,61-62,64-65H,3-45,47,49-51H2,1-2H3,(H,60,63)(H,66,67,68)/b48-46+. The Kier molecular flexibility index (Phi) is 47.3. The van der Waals surface area contributed by atoms with E-state index in [1.54, 1.807) is 6.08 Å². The third kappa shape index (κ3) is 41.1. The fourth-order valence-corrected chi connectivity index (χ4v) is 10.6. The summed E-state index contributed by atoms with van der Waals surface area (Å²) in [5, 5.41) is 45.0. The first-order chi connectivity index (χ1) is 35.0. The van der Waals surface area contributed by atoms with Crippen LogP contribution in [0.1, 0.15) is 303 Å². The Morgan fingerprint density at radius 2 is 0.875 bits per heavy atom. The first-order valence-corrected chi connectivity index (χ1v) is 31.9. The van der Waals surface area contributed by atoms with E-state index in [1.165, 1.54) is 238 Å². The van der Waals surface area contributed by atoms with Crippen LogP contribution in [0, 0.1) is 0 Å². The van der Waals surface area contributed by atoms with E-state index in [0.29, 0.717) is 6.42 Å². The Labute approximate surface area is 442 Å². The highest BCUT2D eigenvalue weighted by Gasteiger charge is 2.48. The molecule has 0 aromatic heterocycles. The maximum absolute atomic E-state index is 13.1. The monoisotopic (exact) mass is 1050 g/mol. The van der Waals surface area contributed by atoms with Crippen LogP contribution in [0.15, 0.2) is 12.2 Å². The van der Waals surface area contributed by atoms with Crippen molar-refractivity contribution in [2.45, 2.75) is 346 Å². The van der Waals surface area contributed by atoms with Gasteiger partial charge in [-0.15, -0.1) is 0 Å². The van der Waals surface area contributed by atoms with Crippen LogP contribution in [0.4, 0.5) is 0 Å². The van der Waals surface area contributed by atoms with Crippen molar-refractivity contribution in [2.24, 2.45) is 0 Å². The quantitative estimate of drug-likeness (QED) is 0.0193. The number of unbranched alkanes of at least 4 members (excludes halogenated alkanes) is 42. The van der Waals surface area contributed by atoms with Crippen molar-refractivity contribution in [1.82, 2.24) is 5.32 Å². The van der Waals surface area contributed by atoms with Gasteiger partial charge in [0.2, 0.25) is 5.91 Å². The van der Waals surface area contributed by atoms with Crippen LogP contribution in [0.3, 0.4) is 0 Å². The summed E-state index contributed by atoms with van der Waals surface area (Å²) in [6.45, 7) is 3.45. The molecule has 0 radical (unpaired) electrons. The molecule has 6 N–H and O–H groups in total. The lowest BCUT2D eigenvalue weighted by molar-refractivity contribution is -0.298. The highest BCUT2D eigenvalue weighted by molar-refractivity contribution is 7.80. The number of allylic oxidation sites excluding steroid dienone is 1. The zero-order chi connectivity index (χ0) is 52.6. The molecule has 7 atom stereocenters. The fraction of sp³-hybridized carbons (Fsp3) is 0.949. The highest BCUT2D eigenvalue weighted by Crippen LogP contribution is 2.26. The SMILES string of the molecule is CCCCCCCCCCCCCCCCCCCCCCCC/C=C/C(O)C(COC1OC(CO)C(O)C(OS(=O)(=O)O)C1O)NC(=O)CCCCCCCCCCCCCCCCCCCCCCC. The molecule has 1 heterocycles. The van der Waals surface area contributed by atoms with Gasteiger partial charge in [0.25, 0.3) is 0 Å². The number of aliphatic hydroxyl groups excluding tert-OH is 4. The van der Waals surface area contributed by atoms with Gasteiger partial charge in [0.05, 0.1) is 25.4 Å². The second-order valence-corrected chi connectivity index (χ2v) is 22.7. The van der Waals surface area contributed by atoms with E-state index in [-0.39, 0.29) is 18.9 Å². The number of carbonyl (C=O) groups is 1. The maximum atomic E-state index is 13.1. The molecule has 1 aliphatic heterocycles. The summed E-state index contributed by atoms with van der Waals surface area (Å²) in [4.78, 5) is 13.1. The van der Waals surface area contributed by atoms with Crippen LogP contribution in [-0.4, -0.2) is 95.4 Å². The largest absolute Gasteiger partial charge is 0.397 e. The van der Waals surface area contributed by atoms with Gasteiger partial charge >= 0.3 is 10.4 Å². The molecule has 1 amide bonds. The van der Waals surface area contributed by atoms with E-state index in [9.17, 15) is 38.2 Å². The topological polar surface area (TPSA) is 192 Å². The maximum Gasteiger partial charge on any atom is 0.397 e. The molecular formula is C59H115NO11S. The Morgan fingerprint density at radius 3 is 1.21 bits per heavy atom. The third-order valence-corrected chi connectivity index (χ3v) is 15.3. The smallest absolute Gasteiger partial charge is 0.394 e. The number of amides is 1. The molecule has 0 bridgehead atoms. The molecule has 1 saturated heterocycles. The van der Waals surface area contributed by atoms with Crippen LogP contribution in [0.5, 0.6) is 0 Å². The number of hydrogen-bond donors (Lipinski definition) is 6. The molecule has 13 heteroatoms. The van der Waals surface area contributed by atoms with Crippen molar-refractivity contribution >= 4 is 16.3 Å². The number of ether oxygens (including phenoxy) is 2. The Bertz CT molecular complexity index is 1320. The number of hydrogen-bond acceptors (Lipinski definition) is 10. The summed E-state index contributed by atoms with van der Waals surface area (Å²) in [6.07, 6.45) is 51.2. The number of aliphatic hydroxyl groups is 4. The van der Waals surface area contributed by atoms with Crippen molar-refractivity contribution < 1.29 is 51.8 Å². The van der Waals surface area contributed by atoms with Gasteiger partial charge in [0.15, 0.2) is 6.29 Å². The van der Waals surface area contributed by atoms with Crippen LogP contribution < -0.4 is 5.32 Å². The van der Waals surface area contributed by atoms with Crippen molar-refractivity contribution in [3.05, 3.63) is 12.2 Å². The molecule has 7 unspecified atom stereocenters. The number of rotatable bonds is 54. The minimum atomic E-state index is -5.09. The van der Waals surface area contributed by atoms with Crippen LogP contribution in [0.2, 0.25) is 0 Å². The molecule has 1 rings (SSSR count). The molecule has 0 aliphatic carbocycles. The number of nitrogens with one attached hydrogen (secondary N) is 1. The Morgan fingerprint density at radius 1 is 0.542 bits per heavy atom. The Balaban J connectivity index is 2.34. The predicted octanol–water partition coefficient (Wildman–Crippen LogP) is 14.6. The summed E-state index contributed by atoms with van der Waals surface area (Å²) < 4.78 is 47.9. The molecule has 428 valence electrons. The number of carbonyl (C=O) groups excluding carboxylic acids is 1. The molecule has 0 aromatic carbocycles. The van der Waals surface area contributed by atoms with Gasteiger partial charge in [-0.05, 0) is 19.3 Å². The van der Waals surface area contributed by atoms with Crippen LogP contribution in [0.25, 0.3) is 0 Å². The van der Waals surface area contributed by atoms with Gasteiger partial charge in [0, 0.05) is 6.42 Å². The van der Waals surface area contributed by atoms with E-state index in [0.717, 1.165) is 38.5 Å². The first kappa shape index (κ1) is 68.9. The van der Waals surface area contributed by atoms with E-state index in [2.05, 4.69) is 23.3 Å². The summed E-state index contributed by atoms with van der Waals surface area (Å²) in [5.74, 6) is -0.255. The van der Waals surface area contributed by atoms with Crippen molar-refractivity contribution in [2.75, 3.05) is 13.2 Å². The second-order valence-electron chi connectivity index (χ2n) is 21.7. The van der Waals surface area contributed by atoms with Gasteiger partial charge in [-0.25, -0.2) is 4.18 Å². The molecule has 1 fully saturated rings. The van der Waals surface area contributed by atoms with E-state index in [4.69, 9.17) is 9.47 Å². The van der Waals surface area contributed by atoms with Crippen molar-refractivity contribution in [3.8, 4) is 0 Å². The zero-order valence-electron chi connectivity index (χ0n) is 46.5. The highest BCUT2D eigenvalue weighted by atomic mass is 32.3. The molecule has 12 nitrogen and oxygen atoms in total. The molecule has 72 heavy (non-hydrogen) atoms. The van der Waals surface area contributed by atoms with Gasteiger partial charge in [-0.1, -0.05) is 289 Å². The van der Waals surface area contributed by atoms with Crippen molar-refractivity contribution in [1.29, 1.82) is 0 Å². The van der Waals surface area contributed by atoms with Crippen LogP contribution in [-0.2, 0) is 28.9 Å². The minimum absolute atomic E-state index is 0.255. The average molecular weight is 1050 g/mol. The second kappa shape index (κ2) is 49.4. The summed E-state index contributed by atoms with van der Waals surface area (Å²) >= 11 is 0. The van der Waals surface area contributed by atoms with Gasteiger partial charge in [0.1, 0.15) is 24.4 Å². The van der Waals surface area contributed by atoms with Gasteiger partial charge in [-0.2, -0.15) is 8.42 Å². The van der Waals surface area contributed by atoms with Crippen LogP contribution >= 0.6 is 0 Å². The fourth-order valence-electron chi connectivity index (χ4n) is 10.1. The van der Waals surface area contributed by atoms with Gasteiger partial charge in [-0.3, -0.25) is 9.35 Å². The normalized spacial score (nSPS) is 19.3. The van der Waals surface area contributed by atoms with E-state index >= 15 is 0 Å². The lowest BCUT2D eigenvalue weighted by Crippen LogP contribution is -2.61. The van der Waals surface area contributed by atoms with Gasteiger partial charge < -0.3 is 35.2 Å². The molecule has 0 saturated carbocycles. The summed E-state index contributed by atoms with van der Waals surface area (Å²) in [5.41, 5.74) is 0. The van der Waals surface area contributed by atoms with E-state index < -0.39 is 59.9 Å². The Hall–Kier alpha value is -1.16. The summed E-state index contributed by atoms with van der Waals surface area (Å²) in [7, 11) is -5.09. The zero-order valence-corrected chi connectivity index (χ0v) is 47.3.